The Labute approximate surface area is 237 Å². The number of pyridine rings is 1. The van der Waals surface area contributed by atoms with Gasteiger partial charge in [-0.25, -0.2) is 18.1 Å². The number of nitrogens with zero attached hydrogens (tertiary/aromatic N) is 1. The third-order valence-corrected chi connectivity index (χ3v) is 8.79. The van der Waals surface area contributed by atoms with Crippen LogP contribution in [-0.2, 0) is 22.9 Å². The predicted octanol–water partition coefficient (Wildman–Crippen LogP) is 6.07. The number of rotatable bonds is 9. The van der Waals surface area contributed by atoms with Crippen molar-refractivity contribution in [2.45, 2.75) is 30.2 Å². The molecule has 0 radical (unpaired) electrons. The summed E-state index contributed by atoms with van der Waals surface area (Å²) in [6.07, 6.45) is 3.70. The minimum absolute atomic E-state index is 0.0519. The summed E-state index contributed by atoms with van der Waals surface area (Å²) in [5.74, 6) is 0.190. The number of hydrogen-bond acceptors (Lipinski definition) is 5. The van der Waals surface area contributed by atoms with Crippen molar-refractivity contribution in [1.82, 2.24) is 15.0 Å². The molecule has 1 amide bonds. The van der Waals surface area contributed by atoms with Crippen molar-refractivity contribution in [3.8, 4) is 0 Å². The first-order chi connectivity index (χ1) is 18.8. The summed E-state index contributed by atoms with van der Waals surface area (Å²) in [7, 11) is -3.82. The van der Waals surface area contributed by atoms with Gasteiger partial charge < -0.3 is 10.6 Å². The predicted molar refractivity (Wildman–Crippen MR) is 154 cm³/mol. The Kier molecular flexibility index (Phi) is 8.18. The second kappa shape index (κ2) is 11.8. The zero-order chi connectivity index (χ0) is 27.4. The van der Waals surface area contributed by atoms with Crippen LogP contribution < -0.4 is 15.4 Å². The molecule has 10 heteroatoms. The Balaban J connectivity index is 1.30. The van der Waals surface area contributed by atoms with Crippen LogP contribution in [0.5, 0.6) is 0 Å². The number of amides is 1. The van der Waals surface area contributed by atoms with E-state index < -0.39 is 16.1 Å². The summed E-state index contributed by atoms with van der Waals surface area (Å²) < 4.78 is 28.9. The van der Waals surface area contributed by atoms with Gasteiger partial charge in [0.05, 0.1) is 20.5 Å². The van der Waals surface area contributed by atoms with Crippen molar-refractivity contribution in [3.05, 3.63) is 117 Å². The summed E-state index contributed by atoms with van der Waals surface area (Å²) in [6.45, 7) is 0.497. The number of benzene rings is 3. The molecule has 0 spiro atoms. The van der Waals surface area contributed by atoms with Gasteiger partial charge in [0.1, 0.15) is 5.82 Å². The second-order valence-electron chi connectivity index (χ2n) is 9.22. The van der Waals surface area contributed by atoms with Gasteiger partial charge in [0, 0.05) is 24.5 Å². The van der Waals surface area contributed by atoms with Crippen LogP contribution in [0.25, 0.3) is 0 Å². The largest absolute Gasteiger partial charge is 0.352 e. The third-order valence-electron chi connectivity index (χ3n) is 6.58. The number of carbonyl (C=O) groups excluding carboxylic acids is 1. The Morgan fingerprint density at radius 1 is 0.949 bits per heavy atom. The molecule has 5 rings (SSSR count). The van der Waals surface area contributed by atoms with E-state index in [0.717, 1.165) is 29.5 Å². The molecule has 7 nitrogen and oxygen atoms in total. The van der Waals surface area contributed by atoms with Crippen LogP contribution in [0.3, 0.4) is 0 Å². The summed E-state index contributed by atoms with van der Waals surface area (Å²) in [6, 6.07) is 23.0. The van der Waals surface area contributed by atoms with Crippen LogP contribution in [0.15, 0.2) is 90.0 Å². The average molecular weight is 582 g/mol. The van der Waals surface area contributed by atoms with E-state index in [1.165, 1.54) is 18.2 Å². The fourth-order valence-electron chi connectivity index (χ4n) is 4.59. The molecule has 3 aromatic carbocycles. The first kappa shape index (κ1) is 27.1. The van der Waals surface area contributed by atoms with Crippen molar-refractivity contribution >= 4 is 50.6 Å². The number of carbonyl (C=O) groups is 1. The van der Waals surface area contributed by atoms with Crippen molar-refractivity contribution in [3.63, 3.8) is 0 Å². The molecule has 1 aliphatic carbocycles. The van der Waals surface area contributed by atoms with Crippen LogP contribution in [0.2, 0.25) is 10.0 Å². The Hall–Kier alpha value is -3.43. The van der Waals surface area contributed by atoms with Crippen LogP contribution >= 0.6 is 23.2 Å². The molecule has 1 aliphatic rings. The van der Waals surface area contributed by atoms with E-state index in [1.54, 1.807) is 18.3 Å². The van der Waals surface area contributed by atoms with Crippen LogP contribution in [0.1, 0.15) is 39.5 Å². The molecule has 1 heterocycles. The van der Waals surface area contributed by atoms with Gasteiger partial charge >= 0.3 is 0 Å². The maximum Gasteiger partial charge on any atom is 0.255 e. The highest BCUT2D eigenvalue weighted by Gasteiger charge is 2.28. The summed E-state index contributed by atoms with van der Waals surface area (Å²) in [5.41, 5.74) is 4.19. The number of aromatic nitrogens is 1. The van der Waals surface area contributed by atoms with Crippen LogP contribution in [-0.4, -0.2) is 25.9 Å². The molecule has 0 saturated heterocycles. The molecule has 1 atom stereocenters. The van der Waals surface area contributed by atoms with Gasteiger partial charge in [-0.3, -0.25) is 4.79 Å². The van der Waals surface area contributed by atoms with E-state index in [4.69, 9.17) is 23.2 Å². The molecule has 1 unspecified atom stereocenters. The molecule has 3 N–H and O–H groups in total. The lowest BCUT2D eigenvalue weighted by atomic mass is 10.1. The minimum Gasteiger partial charge on any atom is -0.352 e. The molecule has 200 valence electrons. The SMILES string of the molecule is O=C(NCCc1ccccc1)c1cccnc1Nc1ccc2c(c1)C(NS(=O)(=O)c1ccc(Cl)c(Cl)c1)CC2. The number of hydrogen-bond donors (Lipinski definition) is 3. The topological polar surface area (TPSA) is 100 Å². The van der Waals surface area contributed by atoms with E-state index in [9.17, 15) is 13.2 Å². The number of anilines is 2. The summed E-state index contributed by atoms with van der Waals surface area (Å²) in [4.78, 5) is 17.4. The second-order valence-corrected chi connectivity index (χ2v) is 11.7. The van der Waals surface area contributed by atoms with Crippen molar-refractivity contribution in [2.75, 3.05) is 11.9 Å². The quantitative estimate of drug-likeness (QED) is 0.223. The Morgan fingerprint density at radius 3 is 2.56 bits per heavy atom. The molecule has 1 aromatic heterocycles. The lowest BCUT2D eigenvalue weighted by molar-refractivity contribution is 0.0954. The molecule has 39 heavy (non-hydrogen) atoms. The maximum absolute atomic E-state index is 13.1. The van der Waals surface area contributed by atoms with Gasteiger partial charge in [-0.2, -0.15) is 0 Å². The van der Waals surface area contributed by atoms with E-state index in [-0.39, 0.29) is 20.8 Å². The standard InChI is InChI=1S/C29H26Cl2N4O3S/c30-25-12-11-22(18-26(25)31)39(37,38)35-27-13-9-20-8-10-21(17-24(20)27)34-28-23(7-4-15-32-28)29(36)33-16-14-19-5-2-1-3-6-19/h1-8,10-12,15,17-18,27,35H,9,13-14,16H2,(H,32,34)(H,33,36). The zero-order valence-electron chi connectivity index (χ0n) is 20.8. The van der Waals surface area contributed by atoms with Crippen molar-refractivity contribution < 1.29 is 13.2 Å². The number of fused-ring (bicyclic) bond motifs is 1. The molecule has 0 bridgehead atoms. The fraction of sp³-hybridized carbons (Fsp3) is 0.172. The van der Waals surface area contributed by atoms with Crippen LogP contribution in [0, 0.1) is 0 Å². The Morgan fingerprint density at radius 2 is 1.77 bits per heavy atom. The fourth-order valence-corrected chi connectivity index (χ4v) is 6.23. The first-order valence-electron chi connectivity index (χ1n) is 12.4. The maximum atomic E-state index is 13.1. The highest BCUT2D eigenvalue weighted by molar-refractivity contribution is 7.89. The van der Waals surface area contributed by atoms with Crippen molar-refractivity contribution in [2.24, 2.45) is 0 Å². The van der Waals surface area contributed by atoms with Gasteiger partial charge in [-0.1, -0.05) is 59.6 Å². The number of halogens is 2. The third kappa shape index (κ3) is 6.42. The molecule has 0 fully saturated rings. The molecule has 0 saturated carbocycles. The first-order valence-corrected chi connectivity index (χ1v) is 14.7. The molecule has 4 aromatic rings. The lowest BCUT2D eigenvalue weighted by Crippen LogP contribution is -2.27. The van der Waals surface area contributed by atoms with Crippen LogP contribution in [0.4, 0.5) is 11.5 Å². The normalized spacial score (nSPS) is 14.6. The molecule has 0 aliphatic heterocycles. The minimum atomic E-state index is -3.82. The summed E-state index contributed by atoms with van der Waals surface area (Å²) in [5, 5.41) is 6.66. The Bertz CT molecular complexity index is 1610. The monoisotopic (exact) mass is 580 g/mol. The van der Waals surface area contributed by atoms with Gasteiger partial charge in [0.2, 0.25) is 10.0 Å². The van der Waals surface area contributed by atoms with E-state index in [2.05, 4.69) is 20.3 Å². The van der Waals surface area contributed by atoms with Gasteiger partial charge in [-0.05, 0) is 78.4 Å². The van der Waals surface area contributed by atoms with Gasteiger partial charge in [0.25, 0.3) is 5.91 Å². The van der Waals surface area contributed by atoms with Crippen molar-refractivity contribution in [1.29, 1.82) is 0 Å². The number of aryl methyl sites for hydroxylation is 1. The van der Waals surface area contributed by atoms with Gasteiger partial charge in [0.15, 0.2) is 0 Å². The summed E-state index contributed by atoms with van der Waals surface area (Å²) >= 11 is 12.0. The van der Waals surface area contributed by atoms with E-state index in [0.29, 0.717) is 30.0 Å². The lowest BCUT2D eigenvalue weighted by Gasteiger charge is -2.17. The highest BCUT2D eigenvalue weighted by atomic mass is 35.5. The zero-order valence-corrected chi connectivity index (χ0v) is 23.2. The molecular formula is C29H26Cl2N4O3S. The average Bonchev–Trinajstić information content (AvgIpc) is 3.32. The van der Waals surface area contributed by atoms with Gasteiger partial charge in [-0.15, -0.1) is 0 Å². The smallest absolute Gasteiger partial charge is 0.255 e. The highest BCUT2D eigenvalue weighted by Crippen LogP contribution is 2.35. The number of sulfonamides is 1. The molecular weight excluding hydrogens is 555 g/mol. The number of nitrogens with one attached hydrogen (secondary N) is 3. The van der Waals surface area contributed by atoms with E-state index in [1.807, 2.05) is 48.5 Å². The van der Waals surface area contributed by atoms with E-state index >= 15 is 0 Å².